The second-order valence-corrected chi connectivity index (χ2v) is 7.78. The molecule has 0 aliphatic rings. The van der Waals surface area contributed by atoms with Crippen molar-refractivity contribution in [2.24, 2.45) is 7.05 Å². The van der Waals surface area contributed by atoms with Gasteiger partial charge in [0.25, 0.3) is 11.5 Å². The lowest BCUT2D eigenvalue weighted by molar-refractivity contribution is 0.103. The number of aromatic nitrogens is 4. The third-order valence-electron chi connectivity index (χ3n) is 4.82. The van der Waals surface area contributed by atoms with Crippen LogP contribution in [0.2, 0.25) is 0 Å². The van der Waals surface area contributed by atoms with E-state index in [4.69, 9.17) is 0 Å². The van der Waals surface area contributed by atoms with Gasteiger partial charge in [0.1, 0.15) is 9.88 Å². The van der Waals surface area contributed by atoms with Crippen LogP contribution in [-0.4, -0.2) is 25.7 Å². The quantitative estimate of drug-likeness (QED) is 0.562. The zero-order chi connectivity index (χ0) is 20.7. The van der Waals surface area contributed by atoms with Crippen molar-refractivity contribution in [2.45, 2.75) is 20.8 Å². The molecule has 29 heavy (non-hydrogen) atoms. The summed E-state index contributed by atoms with van der Waals surface area (Å²) in [5.41, 5.74) is 3.71. The number of anilines is 1. The van der Waals surface area contributed by atoms with Crippen molar-refractivity contribution >= 4 is 33.8 Å². The predicted molar refractivity (Wildman–Crippen MR) is 114 cm³/mol. The normalized spacial score (nSPS) is 11.0. The lowest BCUT2D eigenvalue weighted by Gasteiger charge is -2.07. The molecule has 3 aromatic heterocycles. The first-order chi connectivity index (χ1) is 13.9. The van der Waals surface area contributed by atoms with Gasteiger partial charge in [0.05, 0.1) is 28.2 Å². The number of para-hydroxylation sites is 1. The topological polar surface area (TPSA) is 89.8 Å². The van der Waals surface area contributed by atoms with Crippen molar-refractivity contribution in [2.75, 3.05) is 5.32 Å². The Bertz CT molecular complexity index is 1320. The minimum absolute atomic E-state index is 0.230. The van der Waals surface area contributed by atoms with Gasteiger partial charge in [-0.3, -0.25) is 14.6 Å². The molecule has 8 heteroatoms. The van der Waals surface area contributed by atoms with Crippen LogP contribution in [0, 0.1) is 20.8 Å². The zero-order valence-electron chi connectivity index (χ0n) is 16.5. The highest BCUT2D eigenvalue weighted by Gasteiger charge is 2.21. The summed E-state index contributed by atoms with van der Waals surface area (Å²) in [6.07, 6.45) is 1.69. The van der Waals surface area contributed by atoms with E-state index < -0.39 is 0 Å². The highest BCUT2D eigenvalue weighted by atomic mass is 32.1. The van der Waals surface area contributed by atoms with Gasteiger partial charge in [-0.15, -0.1) is 11.3 Å². The van der Waals surface area contributed by atoms with Crippen molar-refractivity contribution in [1.29, 1.82) is 0 Å². The Balaban J connectivity index is 1.74. The average molecular weight is 405 g/mol. The second kappa shape index (κ2) is 7.21. The van der Waals surface area contributed by atoms with Crippen molar-refractivity contribution in [3.63, 3.8) is 0 Å². The van der Waals surface area contributed by atoms with Crippen LogP contribution < -0.4 is 10.9 Å². The number of pyridine rings is 1. The highest BCUT2D eigenvalue weighted by molar-refractivity contribution is 7.17. The van der Waals surface area contributed by atoms with Gasteiger partial charge in [-0.2, -0.15) is 5.10 Å². The first-order valence-corrected chi connectivity index (χ1v) is 9.86. The first-order valence-electron chi connectivity index (χ1n) is 9.04. The van der Waals surface area contributed by atoms with E-state index >= 15 is 0 Å². The summed E-state index contributed by atoms with van der Waals surface area (Å²) in [6.45, 7) is 5.46. The molecule has 0 atom stereocenters. The Morgan fingerprint density at radius 3 is 2.66 bits per heavy atom. The lowest BCUT2D eigenvalue weighted by Crippen LogP contribution is -2.23. The largest absolute Gasteiger partial charge is 0.319 e. The van der Waals surface area contributed by atoms with E-state index in [0.717, 1.165) is 22.2 Å². The van der Waals surface area contributed by atoms with Crippen LogP contribution >= 0.6 is 11.3 Å². The highest BCUT2D eigenvalue weighted by Crippen LogP contribution is 2.30. The molecule has 1 N–H and O–H groups in total. The van der Waals surface area contributed by atoms with Gasteiger partial charge in [-0.05, 0) is 38.5 Å². The maximum absolute atomic E-state index is 13.0. The molecule has 0 radical (unpaired) electrons. The summed E-state index contributed by atoms with van der Waals surface area (Å²) < 4.78 is 1.30. The van der Waals surface area contributed by atoms with Crippen LogP contribution in [0.3, 0.4) is 0 Å². The molecule has 0 fully saturated rings. The van der Waals surface area contributed by atoms with Gasteiger partial charge < -0.3 is 5.32 Å². The Morgan fingerprint density at radius 1 is 1.10 bits per heavy atom. The summed E-state index contributed by atoms with van der Waals surface area (Å²) in [6, 6.07) is 9.43. The van der Waals surface area contributed by atoms with Crippen LogP contribution in [0.25, 0.3) is 21.5 Å². The number of carbonyl (C=O) groups is 1. The number of nitrogens with one attached hydrogen (secondary N) is 1. The van der Waals surface area contributed by atoms with E-state index in [0.29, 0.717) is 26.8 Å². The number of amides is 1. The molecule has 3 heterocycles. The van der Waals surface area contributed by atoms with Gasteiger partial charge in [0.15, 0.2) is 0 Å². The monoisotopic (exact) mass is 405 g/mol. The van der Waals surface area contributed by atoms with E-state index in [2.05, 4.69) is 20.4 Å². The molecule has 146 valence electrons. The smallest absolute Gasteiger partial charge is 0.277 e. The van der Waals surface area contributed by atoms with Crippen molar-refractivity contribution < 1.29 is 4.79 Å². The second-order valence-electron chi connectivity index (χ2n) is 6.78. The number of hydrogen-bond donors (Lipinski definition) is 1. The summed E-state index contributed by atoms with van der Waals surface area (Å²) in [5, 5.41) is 8.60. The van der Waals surface area contributed by atoms with Crippen LogP contribution in [-0.2, 0) is 7.05 Å². The zero-order valence-corrected chi connectivity index (χ0v) is 17.3. The molecule has 0 spiro atoms. The number of benzene rings is 1. The average Bonchev–Trinajstić information content (AvgIpc) is 3.08. The molecule has 4 aromatic rings. The molecule has 0 saturated heterocycles. The molecule has 0 aliphatic carbocycles. The summed E-state index contributed by atoms with van der Waals surface area (Å²) >= 11 is 1.21. The van der Waals surface area contributed by atoms with E-state index in [1.165, 1.54) is 16.0 Å². The number of rotatable bonds is 3. The molecule has 1 aromatic carbocycles. The molecular formula is C21H19N5O2S. The number of hydrogen-bond acceptors (Lipinski definition) is 6. The Kier molecular flexibility index (Phi) is 4.71. The van der Waals surface area contributed by atoms with E-state index in [1.54, 1.807) is 20.2 Å². The van der Waals surface area contributed by atoms with E-state index in [-0.39, 0.29) is 11.5 Å². The molecule has 0 saturated carbocycles. The van der Waals surface area contributed by atoms with Crippen LogP contribution in [0.1, 0.15) is 26.6 Å². The molecule has 1 amide bonds. The van der Waals surface area contributed by atoms with Gasteiger partial charge in [-0.1, -0.05) is 18.2 Å². The van der Waals surface area contributed by atoms with Crippen LogP contribution in [0.5, 0.6) is 0 Å². The summed E-state index contributed by atoms with van der Waals surface area (Å²) in [5.74, 6) is -0.273. The van der Waals surface area contributed by atoms with E-state index in [9.17, 15) is 9.59 Å². The molecule has 0 aliphatic heterocycles. The fourth-order valence-corrected chi connectivity index (χ4v) is 4.25. The molecule has 7 nitrogen and oxygen atoms in total. The van der Waals surface area contributed by atoms with Gasteiger partial charge in [-0.25, -0.2) is 9.67 Å². The van der Waals surface area contributed by atoms with Gasteiger partial charge in [0, 0.05) is 18.6 Å². The number of aryl methyl sites for hydroxylation is 3. The number of nitrogens with zero attached hydrogens (tertiary/aromatic N) is 4. The third kappa shape index (κ3) is 3.31. The lowest BCUT2D eigenvalue weighted by atomic mass is 10.1. The summed E-state index contributed by atoms with van der Waals surface area (Å²) in [7, 11) is 1.61. The maximum atomic E-state index is 13.0. The van der Waals surface area contributed by atoms with Crippen molar-refractivity contribution in [3.8, 4) is 10.6 Å². The van der Waals surface area contributed by atoms with Crippen molar-refractivity contribution in [3.05, 3.63) is 68.7 Å². The van der Waals surface area contributed by atoms with Crippen LogP contribution in [0.4, 0.5) is 5.69 Å². The Labute approximate surface area is 171 Å². The minimum Gasteiger partial charge on any atom is -0.319 e. The predicted octanol–water partition coefficient (Wildman–Crippen LogP) is 3.63. The Hall–Kier alpha value is -3.39. The van der Waals surface area contributed by atoms with E-state index in [1.807, 2.05) is 44.2 Å². The van der Waals surface area contributed by atoms with Gasteiger partial charge >= 0.3 is 0 Å². The SMILES string of the molecule is Cc1nc(-c2c(C)c(C)nn(C)c2=O)sc1C(=O)Nc1cccc2cccnc12. The molecule has 0 bridgehead atoms. The Morgan fingerprint density at radius 2 is 1.86 bits per heavy atom. The maximum Gasteiger partial charge on any atom is 0.277 e. The number of carbonyl (C=O) groups excluding carboxylic acids is 1. The fraction of sp³-hybridized carbons (Fsp3) is 0.190. The van der Waals surface area contributed by atoms with Crippen LogP contribution in [0.15, 0.2) is 41.3 Å². The molecule has 4 rings (SSSR count). The standard InChI is InChI=1S/C21H19N5O2S/c1-11-12(2)25-26(4)21(28)16(11)20-23-13(3)18(29-20)19(27)24-15-9-5-7-14-8-6-10-22-17(14)15/h5-10H,1-4H3,(H,24,27). The molecule has 0 unspecified atom stereocenters. The number of thiazole rings is 1. The third-order valence-corrected chi connectivity index (χ3v) is 6.00. The minimum atomic E-state index is -0.273. The fourth-order valence-electron chi connectivity index (χ4n) is 3.20. The van der Waals surface area contributed by atoms with Gasteiger partial charge in [0.2, 0.25) is 0 Å². The van der Waals surface area contributed by atoms with Crippen molar-refractivity contribution in [1.82, 2.24) is 19.7 Å². The molecular weight excluding hydrogens is 386 g/mol. The summed E-state index contributed by atoms with van der Waals surface area (Å²) in [4.78, 5) is 34.9. The number of fused-ring (bicyclic) bond motifs is 1. The first kappa shape index (κ1) is 18.9.